The van der Waals surface area contributed by atoms with E-state index >= 15 is 0 Å². The molecule has 0 amide bonds. The smallest absolute Gasteiger partial charge is 0.182 e. The molecule has 0 bridgehead atoms. The molecule has 0 radical (unpaired) electrons. The number of hydrogen-bond donors (Lipinski definition) is 1. The molecule has 4 heteroatoms. The average Bonchev–Trinajstić information content (AvgIpc) is 2.61. The number of rotatable bonds is 5. The standard InChI is InChI=1S/C10H19N3S/c1-5-9-7-14-10(12-9)11-6-8(2)13(3)4/h7-8H,5-6H2,1-4H3,(H,11,12). The lowest BCUT2D eigenvalue weighted by Crippen LogP contribution is -2.31. The molecule has 0 aliphatic carbocycles. The van der Waals surface area contributed by atoms with Gasteiger partial charge in [0.2, 0.25) is 0 Å². The third-order valence-corrected chi connectivity index (χ3v) is 3.19. The molecule has 0 spiro atoms. The zero-order valence-corrected chi connectivity index (χ0v) is 10.2. The SMILES string of the molecule is CCc1csc(NCC(C)N(C)C)n1. The van der Waals surface area contributed by atoms with Gasteiger partial charge in [0.05, 0.1) is 5.69 Å². The van der Waals surface area contributed by atoms with Gasteiger partial charge in [-0.25, -0.2) is 4.98 Å². The van der Waals surface area contributed by atoms with Crippen LogP contribution in [0.1, 0.15) is 19.5 Å². The number of hydrogen-bond acceptors (Lipinski definition) is 4. The Bertz CT molecular complexity index is 270. The fraction of sp³-hybridized carbons (Fsp3) is 0.700. The second-order valence-electron chi connectivity index (χ2n) is 3.69. The van der Waals surface area contributed by atoms with Crippen LogP contribution in [-0.4, -0.2) is 36.6 Å². The predicted octanol–water partition coefficient (Wildman–Crippen LogP) is 2.07. The molecule has 80 valence electrons. The number of nitrogens with one attached hydrogen (secondary N) is 1. The van der Waals surface area contributed by atoms with Gasteiger partial charge in [0.25, 0.3) is 0 Å². The quantitative estimate of drug-likeness (QED) is 0.811. The van der Waals surface area contributed by atoms with Crippen LogP contribution in [0.3, 0.4) is 0 Å². The van der Waals surface area contributed by atoms with Crippen molar-refractivity contribution in [1.29, 1.82) is 0 Å². The van der Waals surface area contributed by atoms with Gasteiger partial charge in [-0.15, -0.1) is 11.3 Å². The number of likely N-dealkylation sites (N-methyl/N-ethyl adjacent to an activating group) is 1. The summed E-state index contributed by atoms with van der Waals surface area (Å²) in [5, 5.41) is 6.50. The molecule has 1 atom stereocenters. The van der Waals surface area contributed by atoms with E-state index in [1.807, 2.05) is 0 Å². The summed E-state index contributed by atoms with van der Waals surface area (Å²) in [4.78, 5) is 6.64. The molecular weight excluding hydrogens is 194 g/mol. The fourth-order valence-electron chi connectivity index (χ4n) is 0.968. The predicted molar refractivity (Wildman–Crippen MR) is 63.1 cm³/mol. The maximum Gasteiger partial charge on any atom is 0.182 e. The molecule has 3 nitrogen and oxygen atoms in total. The van der Waals surface area contributed by atoms with E-state index < -0.39 is 0 Å². The number of aryl methyl sites for hydroxylation is 1. The van der Waals surface area contributed by atoms with E-state index in [1.54, 1.807) is 11.3 Å². The van der Waals surface area contributed by atoms with Crippen molar-refractivity contribution in [1.82, 2.24) is 9.88 Å². The average molecular weight is 213 g/mol. The van der Waals surface area contributed by atoms with Crippen LogP contribution in [0.2, 0.25) is 0 Å². The maximum absolute atomic E-state index is 4.45. The zero-order chi connectivity index (χ0) is 10.6. The fourth-order valence-corrected chi connectivity index (χ4v) is 1.77. The Balaban J connectivity index is 2.37. The monoisotopic (exact) mass is 213 g/mol. The first kappa shape index (κ1) is 11.5. The van der Waals surface area contributed by atoms with Crippen molar-refractivity contribution in [3.8, 4) is 0 Å². The lowest BCUT2D eigenvalue weighted by molar-refractivity contribution is 0.326. The van der Waals surface area contributed by atoms with E-state index in [9.17, 15) is 0 Å². The van der Waals surface area contributed by atoms with Crippen LogP contribution in [0.4, 0.5) is 5.13 Å². The van der Waals surface area contributed by atoms with Gasteiger partial charge in [-0.1, -0.05) is 6.92 Å². The van der Waals surface area contributed by atoms with Gasteiger partial charge in [-0.05, 0) is 27.4 Å². The molecule has 0 fully saturated rings. The normalized spacial score (nSPS) is 13.2. The van der Waals surface area contributed by atoms with E-state index in [0.717, 1.165) is 18.1 Å². The third-order valence-electron chi connectivity index (χ3n) is 2.34. The summed E-state index contributed by atoms with van der Waals surface area (Å²) in [6, 6.07) is 0.531. The summed E-state index contributed by atoms with van der Waals surface area (Å²) >= 11 is 1.69. The van der Waals surface area contributed by atoms with Crippen molar-refractivity contribution in [2.24, 2.45) is 0 Å². The molecule has 1 aromatic heterocycles. The highest BCUT2D eigenvalue weighted by molar-refractivity contribution is 7.13. The molecular formula is C10H19N3S. The molecule has 1 heterocycles. The Morgan fingerprint density at radius 1 is 1.57 bits per heavy atom. The highest BCUT2D eigenvalue weighted by atomic mass is 32.1. The zero-order valence-electron chi connectivity index (χ0n) is 9.37. The lowest BCUT2D eigenvalue weighted by atomic mass is 10.3. The number of thiazole rings is 1. The Labute approximate surface area is 90.2 Å². The van der Waals surface area contributed by atoms with E-state index in [2.05, 4.69) is 48.5 Å². The van der Waals surface area contributed by atoms with Crippen LogP contribution in [-0.2, 0) is 6.42 Å². The molecule has 14 heavy (non-hydrogen) atoms. The van der Waals surface area contributed by atoms with Crippen molar-refractivity contribution >= 4 is 16.5 Å². The summed E-state index contributed by atoms with van der Waals surface area (Å²) < 4.78 is 0. The van der Waals surface area contributed by atoms with E-state index in [4.69, 9.17) is 0 Å². The summed E-state index contributed by atoms with van der Waals surface area (Å²) in [6.07, 6.45) is 1.02. The van der Waals surface area contributed by atoms with Crippen LogP contribution in [0.25, 0.3) is 0 Å². The van der Waals surface area contributed by atoms with Gasteiger partial charge in [0.15, 0.2) is 5.13 Å². The third kappa shape index (κ3) is 3.27. The number of anilines is 1. The van der Waals surface area contributed by atoms with Crippen molar-refractivity contribution in [2.45, 2.75) is 26.3 Å². The second-order valence-corrected chi connectivity index (χ2v) is 4.55. The number of aromatic nitrogens is 1. The highest BCUT2D eigenvalue weighted by Crippen LogP contribution is 2.15. The minimum atomic E-state index is 0.531. The molecule has 1 unspecified atom stereocenters. The topological polar surface area (TPSA) is 28.2 Å². The van der Waals surface area contributed by atoms with Gasteiger partial charge in [-0.2, -0.15) is 0 Å². The Morgan fingerprint density at radius 3 is 2.79 bits per heavy atom. The van der Waals surface area contributed by atoms with Gasteiger partial charge >= 0.3 is 0 Å². The summed E-state index contributed by atoms with van der Waals surface area (Å²) in [6.45, 7) is 5.27. The van der Waals surface area contributed by atoms with Crippen molar-refractivity contribution in [3.05, 3.63) is 11.1 Å². The van der Waals surface area contributed by atoms with Crippen LogP contribution in [0.5, 0.6) is 0 Å². The maximum atomic E-state index is 4.45. The molecule has 1 aromatic rings. The molecule has 0 saturated heterocycles. The van der Waals surface area contributed by atoms with E-state index in [-0.39, 0.29) is 0 Å². The Hall–Kier alpha value is -0.610. The van der Waals surface area contributed by atoms with Crippen LogP contribution >= 0.6 is 11.3 Å². The summed E-state index contributed by atoms with van der Waals surface area (Å²) in [5.74, 6) is 0. The van der Waals surface area contributed by atoms with Crippen molar-refractivity contribution < 1.29 is 0 Å². The van der Waals surface area contributed by atoms with Crippen LogP contribution < -0.4 is 5.32 Å². The molecule has 0 aliphatic heterocycles. The molecule has 1 rings (SSSR count). The number of nitrogens with zero attached hydrogens (tertiary/aromatic N) is 2. The van der Waals surface area contributed by atoms with E-state index in [0.29, 0.717) is 6.04 Å². The lowest BCUT2D eigenvalue weighted by Gasteiger charge is -2.19. The van der Waals surface area contributed by atoms with Crippen molar-refractivity contribution in [2.75, 3.05) is 26.0 Å². The first-order chi connectivity index (χ1) is 6.63. The first-order valence-electron chi connectivity index (χ1n) is 4.98. The van der Waals surface area contributed by atoms with Gasteiger partial charge in [0, 0.05) is 18.0 Å². The molecule has 0 aliphatic rings. The Kier molecular flexibility index (Phi) is 4.35. The molecule has 1 N–H and O–H groups in total. The molecule has 0 saturated carbocycles. The minimum Gasteiger partial charge on any atom is -0.360 e. The second kappa shape index (κ2) is 5.32. The summed E-state index contributed by atoms with van der Waals surface area (Å²) in [7, 11) is 4.18. The van der Waals surface area contributed by atoms with Gasteiger partial charge in [0.1, 0.15) is 0 Å². The van der Waals surface area contributed by atoms with Gasteiger partial charge in [-0.3, -0.25) is 0 Å². The van der Waals surface area contributed by atoms with Crippen LogP contribution in [0.15, 0.2) is 5.38 Å². The van der Waals surface area contributed by atoms with Crippen molar-refractivity contribution in [3.63, 3.8) is 0 Å². The van der Waals surface area contributed by atoms with Gasteiger partial charge < -0.3 is 10.2 Å². The molecule has 0 aromatic carbocycles. The highest BCUT2D eigenvalue weighted by Gasteiger charge is 2.05. The largest absolute Gasteiger partial charge is 0.360 e. The first-order valence-corrected chi connectivity index (χ1v) is 5.86. The summed E-state index contributed by atoms with van der Waals surface area (Å²) in [5.41, 5.74) is 1.18. The minimum absolute atomic E-state index is 0.531. The van der Waals surface area contributed by atoms with Crippen LogP contribution in [0, 0.1) is 0 Å². The Morgan fingerprint density at radius 2 is 2.29 bits per heavy atom. The van der Waals surface area contributed by atoms with E-state index in [1.165, 1.54) is 5.69 Å².